The Kier molecular flexibility index (Phi) is 4.89. The van der Waals surface area contributed by atoms with Crippen molar-refractivity contribution in [2.45, 2.75) is 36.0 Å². The number of amidine groups is 1. The van der Waals surface area contributed by atoms with Gasteiger partial charge in [0.05, 0.1) is 10.3 Å². The zero-order valence-corrected chi connectivity index (χ0v) is 16.7. The van der Waals surface area contributed by atoms with Crippen LogP contribution in [0.25, 0.3) is 0 Å². The third-order valence-electron chi connectivity index (χ3n) is 5.09. The molecule has 2 N–H and O–H groups in total. The number of hydrogen-bond acceptors (Lipinski definition) is 4. The van der Waals surface area contributed by atoms with Crippen LogP contribution < -0.4 is 10.0 Å². The summed E-state index contributed by atoms with van der Waals surface area (Å²) >= 11 is 6.07. The van der Waals surface area contributed by atoms with Gasteiger partial charge in [-0.25, -0.2) is 8.42 Å². The van der Waals surface area contributed by atoms with Gasteiger partial charge >= 0.3 is 0 Å². The standard InChI is InChI=1S/C20H20ClN3O3S/c21-15-5-1-4-14(12-15)20(9-10-20)19(25)23-16-6-2-7-17(13-16)28(26,27)24-18-8-3-11-22-18/h1-2,4-7,12-13H,3,8-11H2,(H,22,24)(H,23,25). The lowest BCUT2D eigenvalue weighted by Crippen LogP contribution is -2.30. The highest BCUT2D eigenvalue weighted by Gasteiger charge is 2.51. The first-order chi connectivity index (χ1) is 13.4. The van der Waals surface area contributed by atoms with Crippen molar-refractivity contribution in [1.29, 1.82) is 0 Å². The van der Waals surface area contributed by atoms with Crippen molar-refractivity contribution in [1.82, 2.24) is 4.72 Å². The molecule has 2 aromatic rings. The Labute approximate surface area is 169 Å². The first-order valence-corrected chi connectivity index (χ1v) is 11.0. The monoisotopic (exact) mass is 417 g/mol. The molecule has 1 aliphatic carbocycles. The van der Waals surface area contributed by atoms with E-state index in [1.54, 1.807) is 24.3 Å². The molecular weight excluding hydrogens is 398 g/mol. The SMILES string of the molecule is O=C(Nc1cccc(S(=O)(=O)NC2=NCCC2)c1)C1(c2cccc(Cl)c2)CC1. The predicted octanol–water partition coefficient (Wildman–Crippen LogP) is 3.48. The summed E-state index contributed by atoms with van der Waals surface area (Å²) in [6.07, 6.45) is 2.94. The van der Waals surface area contributed by atoms with E-state index >= 15 is 0 Å². The lowest BCUT2D eigenvalue weighted by atomic mass is 9.95. The smallest absolute Gasteiger partial charge is 0.262 e. The number of rotatable bonds is 5. The summed E-state index contributed by atoms with van der Waals surface area (Å²) in [4.78, 5) is 17.1. The predicted molar refractivity (Wildman–Crippen MR) is 109 cm³/mol. The molecule has 2 aromatic carbocycles. The fourth-order valence-electron chi connectivity index (χ4n) is 3.39. The topological polar surface area (TPSA) is 87.6 Å². The zero-order chi connectivity index (χ0) is 19.8. The zero-order valence-electron chi connectivity index (χ0n) is 15.1. The molecule has 6 nitrogen and oxygen atoms in total. The molecule has 0 atom stereocenters. The Morgan fingerprint density at radius 2 is 1.89 bits per heavy atom. The van der Waals surface area contributed by atoms with Gasteiger partial charge in [-0.05, 0) is 55.2 Å². The fourth-order valence-corrected chi connectivity index (χ4v) is 4.71. The van der Waals surface area contributed by atoms with Gasteiger partial charge in [-0.15, -0.1) is 0 Å². The van der Waals surface area contributed by atoms with Crippen LogP contribution in [0.2, 0.25) is 5.02 Å². The number of anilines is 1. The largest absolute Gasteiger partial charge is 0.325 e. The van der Waals surface area contributed by atoms with Crippen LogP contribution in [-0.4, -0.2) is 26.7 Å². The highest BCUT2D eigenvalue weighted by Crippen LogP contribution is 2.49. The Morgan fingerprint density at radius 1 is 1.11 bits per heavy atom. The average Bonchev–Trinajstić information content (AvgIpc) is 3.34. The fraction of sp³-hybridized carbons (Fsp3) is 0.300. The Bertz CT molecular complexity index is 1060. The first-order valence-electron chi connectivity index (χ1n) is 9.13. The van der Waals surface area contributed by atoms with E-state index in [1.807, 2.05) is 12.1 Å². The van der Waals surface area contributed by atoms with Crippen LogP contribution >= 0.6 is 11.6 Å². The molecule has 0 saturated heterocycles. The van der Waals surface area contributed by atoms with E-state index < -0.39 is 15.4 Å². The first kappa shape index (κ1) is 19.0. The third kappa shape index (κ3) is 3.77. The van der Waals surface area contributed by atoms with Crippen LogP contribution in [0.4, 0.5) is 5.69 Å². The van der Waals surface area contributed by atoms with Crippen molar-refractivity contribution in [3.8, 4) is 0 Å². The molecule has 0 radical (unpaired) electrons. The van der Waals surface area contributed by atoms with Crippen LogP contribution in [0.15, 0.2) is 58.4 Å². The number of halogens is 1. The van der Waals surface area contributed by atoms with E-state index in [4.69, 9.17) is 11.6 Å². The molecule has 28 heavy (non-hydrogen) atoms. The molecule has 146 valence electrons. The van der Waals surface area contributed by atoms with Gasteiger partial charge in [0.1, 0.15) is 5.84 Å². The second kappa shape index (κ2) is 7.22. The molecule has 8 heteroatoms. The van der Waals surface area contributed by atoms with Gasteiger partial charge in [-0.3, -0.25) is 14.5 Å². The molecule has 0 aromatic heterocycles. The van der Waals surface area contributed by atoms with Crippen molar-refractivity contribution in [2.75, 3.05) is 11.9 Å². The van der Waals surface area contributed by atoms with Crippen molar-refractivity contribution < 1.29 is 13.2 Å². The van der Waals surface area contributed by atoms with Crippen LogP contribution in [0.5, 0.6) is 0 Å². The number of sulfonamides is 1. The number of nitrogens with one attached hydrogen (secondary N) is 2. The van der Waals surface area contributed by atoms with Gasteiger partial charge in [-0.1, -0.05) is 29.8 Å². The number of carbonyl (C=O) groups is 1. The summed E-state index contributed by atoms with van der Waals surface area (Å²) < 4.78 is 27.7. The lowest BCUT2D eigenvalue weighted by Gasteiger charge is -2.16. The van der Waals surface area contributed by atoms with E-state index in [1.165, 1.54) is 12.1 Å². The van der Waals surface area contributed by atoms with Crippen LogP contribution in [0, 0.1) is 0 Å². The summed E-state index contributed by atoms with van der Waals surface area (Å²) in [6.45, 7) is 0.638. The molecule has 1 saturated carbocycles. The normalized spacial score (nSPS) is 17.7. The number of aliphatic imine (C=N–C) groups is 1. The minimum Gasteiger partial charge on any atom is -0.325 e. The van der Waals surface area contributed by atoms with Crippen molar-refractivity contribution in [2.24, 2.45) is 4.99 Å². The van der Waals surface area contributed by atoms with Crippen molar-refractivity contribution in [3.63, 3.8) is 0 Å². The highest BCUT2D eigenvalue weighted by molar-refractivity contribution is 7.90. The Hall–Kier alpha value is -2.38. The molecule has 4 rings (SSSR count). The molecular formula is C20H20ClN3O3S. The van der Waals surface area contributed by atoms with Gasteiger partial charge in [0, 0.05) is 23.7 Å². The summed E-state index contributed by atoms with van der Waals surface area (Å²) in [5, 5.41) is 3.45. The molecule has 0 spiro atoms. The molecule has 1 fully saturated rings. The van der Waals surface area contributed by atoms with Gasteiger partial charge < -0.3 is 5.32 Å². The molecule has 1 aliphatic heterocycles. The third-order valence-corrected chi connectivity index (χ3v) is 6.70. The minimum absolute atomic E-state index is 0.0903. The molecule has 1 heterocycles. The second-order valence-corrected chi connectivity index (χ2v) is 9.23. The average molecular weight is 418 g/mol. The number of carbonyl (C=O) groups excluding carboxylic acids is 1. The maximum atomic E-state index is 12.9. The van der Waals surface area contributed by atoms with Crippen molar-refractivity contribution >= 4 is 39.1 Å². The van der Waals surface area contributed by atoms with Crippen molar-refractivity contribution in [3.05, 3.63) is 59.1 Å². The van der Waals surface area contributed by atoms with Crippen LogP contribution in [0.1, 0.15) is 31.2 Å². The summed E-state index contributed by atoms with van der Waals surface area (Å²) in [5.41, 5.74) is 0.716. The maximum Gasteiger partial charge on any atom is 0.262 e. The van der Waals surface area contributed by atoms with Crippen LogP contribution in [-0.2, 0) is 20.2 Å². The second-order valence-electron chi connectivity index (χ2n) is 7.11. The van der Waals surface area contributed by atoms with Gasteiger partial charge in [0.15, 0.2) is 0 Å². The number of amides is 1. The van der Waals surface area contributed by atoms with E-state index in [0.29, 0.717) is 29.5 Å². The van der Waals surface area contributed by atoms with Crippen LogP contribution in [0.3, 0.4) is 0 Å². The Morgan fingerprint density at radius 3 is 2.57 bits per heavy atom. The molecule has 0 bridgehead atoms. The quantitative estimate of drug-likeness (QED) is 0.780. The highest BCUT2D eigenvalue weighted by atomic mass is 35.5. The summed E-state index contributed by atoms with van der Waals surface area (Å²) in [5.74, 6) is 0.324. The lowest BCUT2D eigenvalue weighted by molar-refractivity contribution is -0.118. The van der Waals surface area contributed by atoms with Gasteiger partial charge in [0.2, 0.25) is 5.91 Å². The minimum atomic E-state index is -3.73. The maximum absolute atomic E-state index is 12.9. The molecule has 2 aliphatic rings. The number of hydrogen-bond donors (Lipinski definition) is 2. The number of nitrogens with zero attached hydrogens (tertiary/aromatic N) is 1. The van der Waals surface area contributed by atoms with E-state index in [2.05, 4.69) is 15.0 Å². The summed E-state index contributed by atoms with van der Waals surface area (Å²) in [7, 11) is -3.73. The summed E-state index contributed by atoms with van der Waals surface area (Å²) in [6, 6.07) is 13.6. The van der Waals surface area contributed by atoms with E-state index in [0.717, 1.165) is 24.8 Å². The Balaban J connectivity index is 1.53. The van der Waals surface area contributed by atoms with Gasteiger partial charge in [0.25, 0.3) is 10.0 Å². The molecule has 1 amide bonds. The van der Waals surface area contributed by atoms with E-state index in [-0.39, 0.29) is 10.8 Å². The number of benzene rings is 2. The van der Waals surface area contributed by atoms with E-state index in [9.17, 15) is 13.2 Å². The van der Waals surface area contributed by atoms with Gasteiger partial charge in [-0.2, -0.15) is 0 Å². The molecule has 0 unspecified atom stereocenters.